The van der Waals surface area contributed by atoms with E-state index in [1.165, 1.54) is 13.1 Å². The summed E-state index contributed by atoms with van der Waals surface area (Å²) in [6.07, 6.45) is 0.612. The third-order valence-electron chi connectivity index (χ3n) is 5.50. The van der Waals surface area contributed by atoms with Crippen molar-refractivity contribution in [2.24, 2.45) is 0 Å². The lowest BCUT2D eigenvalue weighted by atomic mass is 10.1. The minimum atomic E-state index is -3.52. The molecule has 3 aromatic rings. The Morgan fingerprint density at radius 2 is 1.87 bits per heavy atom. The number of hydrogen-bond acceptors (Lipinski definition) is 3. The second-order valence-corrected chi connectivity index (χ2v) is 9.63. The van der Waals surface area contributed by atoms with Crippen LogP contribution in [0, 0.1) is 13.8 Å². The Morgan fingerprint density at radius 3 is 2.57 bits per heavy atom. The van der Waals surface area contributed by atoms with Crippen molar-refractivity contribution in [1.29, 1.82) is 0 Å². The van der Waals surface area contributed by atoms with Crippen LogP contribution in [0.4, 0.5) is 5.69 Å². The van der Waals surface area contributed by atoms with Crippen LogP contribution in [0.25, 0.3) is 5.69 Å². The number of nitrogens with one attached hydrogen (secondary N) is 1. The molecule has 1 aromatic heterocycles. The van der Waals surface area contributed by atoms with Gasteiger partial charge in [0.1, 0.15) is 0 Å². The van der Waals surface area contributed by atoms with Crippen molar-refractivity contribution < 1.29 is 13.2 Å². The van der Waals surface area contributed by atoms with E-state index in [1.54, 1.807) is 17.0 Å². The summed E-state index contributed by atoms with van der Waals surface area (Å²) in [6, 6.07) is 14.3. The predicted octanol–water partition coefficient (Wildman–Crippen LogP) is 3.86. The second kappa shape index (κ2) is 7.58. The van der Waals surface area contributed by atoms with E-state index in [1.807, 2.05) is 48.7 Å². The number of nitrogens with zero attached hydrogens (tertiary/aromatic N) is 2. The summed E-state index contributed by atoms with van der Waals surface area (Å²) < 4.78 is 28.5. The molecule has 0 radical (unpaired) electrons. The normalized spacial score (nSPS) is 13.5. The van der Waals surface area contributed by atoms with Gasteiger partial charge in [0, 0.05) is 34.3 Å². The zero-order chi connectivity index (χ0) is 21.6. The van der Waals surface area contributed by atoms with Crippen LogP contribution in [0.5, 0.6) is 0 Å². The Kier molecular flexibility index (Phi) is 5.22. The highest BCUT2D eigenvalue weighted by atomic mass is 35.5. The molecule has 0 saturated heterocycles. The zero-order valence-electron chi connectivity index (χ0n) is 16.9. The van der Waals surface area contributed by atoms with Gasteiger partial charge in [-0.2, -0.15) is 0 Å². The molecule has 2 heterocycles. The summed E-state index contributed by atoms with van der Waals surface area (Å²) in [5.74, 6) is -0.0978. The molecular weight excluding hydrogens is 422 g/mol. The van der Waals surface area contributed by atoms with E-state index in [0.717, 1.165) is 28.3 Å². The molecule has 0 fully saturated rings. The van der Waals surface area contributed by atoms with Gasteiger partial charge in [-0.1, -0.05) is 17.7 Å². The van der Waals surface area contributed by atoms with Crippen molar-refractivity contribution in [2.45, 2.75) is 25.2 Å². The van der Waals surface area contributed by atoms with Crippen molar-refractivity contribution in [3.63, 3.8) is 0 Å². The first-order chi connectivity index (χ1) is 14.2. The molecule has 0 atom stereocenters. The van der Waals surface area contributed by atoms with Gasteiger partial charge in [-0.25, -0.2) is 13.1 Å². The van der Waals surface area contributed by atoms with Gasteiger partial charge in [-0.05, 0) is 75.3 Å². The maximum atomic E-state index is 13.4. The number of benzene rings is 2. The van der Waals surface area contributed by atoms with E-state index in [-0.39, 0.29) is 10.8 Å². The fourth-order valence-electron chi connectivity index (χ4n) is 4.01. The van der Waals surface area contributed by atoms with Crippen LogP contribution in [0.2, 0.25) is 5.02 Å². The summed E-state index contributed by atoms with van der Waals surface area (Å²) in [6.45, 7) is 4.39. The van der Waals surface area contributed by atoms with E-state index in [2.05, 4.69) is 4.72 Å². The van der Waals surface area contributed by atoms with Crippen LogP contribution >= 0.6 is 11.6 Å². The number of rotatable bonds is 4. The van der Waals surface area contributed by atoms with Crippen LogP contribution in [0.3, 0.4) is 0 Å². The Balaban J connectivity index is 1.70. The van der Waals surface area contributed by atoms with Crippen molar-refractivity contribution in [3.8, 4) is 5.69 Å². The molecule has 0 bridgehead atoms. The Bertz CT molecular complexity index is 1260. The zero-order valence-corrected chi connectivity index (χ0v) is 18.5. The van der Waals surface area contributed by atoms with Crippen molar-refractivity contribution in [3.05, 3.63) is 76.1 Å². The number of fused-ring (bicyclic) bond motifs is 1. The van der Waals surface area contributed by atoms with Gasteiger partial charge in [0.15, 0.2) is 0 Å². The van der Waals surface area contributed by atoms with Gasteiger partial charge in [-0.15, -0.1) is 0 Å². The topological polar surface area (TPSA) is 71.4 Å². The molecule has 1 aliphatic rings. The SMILES string of the molecule is CNS(=O)(=O)c1ccc2c(c1)CCN2C(=O)c1cc(C)n(-c2cccc(Cl)c2)c1C. The molecule has 30 heavy (non-hydrogen) atoms. The fraction of sp³-hybridized carbons (Fsp3) is 0.227. The monoisotopic (exact) mass is 443 g/mol. The maximum Gasteiger partial charge on any atom is 0.260 e. The quantitative estimate of drug-likeness (QED) is 0.665. The molecule has 2 aromatic carbocycles. The molecule has 0 spiro atoms. The number of amides is 1. The highest BCUT2D eigenvalue weighted by Gasteiger charge is 2.29. The van der Waals surface area contributed by atoms with Crippen LogP contribution in [0.1, 0.15) is 27.3 Å². The van der Waals surface area contributed by atoms with Gasteiger partial charge < -0.3 is 9.47 Å². The van der Waals surface area contributed by atoms with E-state index in [0.29, 0.717) is 23.6 Å². The Morgan fingerprint density at radius 1 is 1.10 bits per heavy atom. The number of aromatic nitrogens is 1. The fourth-order valence-corrected chi connectivity index (χ4v) is 4.98. The number of anilines is 1. The predicted molar refractivity (Wildman–Crippen MR) is 118 cm³/mol. The second-order valence-electron chi connectivity index (χ2n) is 7.30. The first kappa shape index (κ1) is 20.7. The summed E-state index contributed by atoms with van der Waals surface area (Å²) >= 11 is 6.15. The number of aryl methyl sites for hydroxylation is 1. The summed E-state index contributed by atoms with van der Waals surface area (Å²) in [7, 11) is -2.14. The standard InChI is InChI=1S/C22H22ClN3O3S/c1-14-11-20(15(2)26(14)18-6-4-5-17(23)13-18)22(27)25-10-9-16-12-19(7-8-21(16)25)30(28,29)24-3/h4-8,11-13,24H,9-10H2,1-3H3. The number of carbonyl (C=O) groups is 1. The van der Waals surface area contributed by atoms with Gasteiger partial charge in [0.25, 0.3) is 5.91 Å². The third kappa shape index (κ3) is 3.43. The van der Waals surface area contributed by atoms with Gasteiger partial charge >= 0.3 is 0 Å². The molecule has 156 valence electrons. The Hall–Kier alpha value is -2.61. The first-order valence-corrected chi connectivity index (χ1v) is 11.4. The highest BCUT2D eigenvalue weighted by molar-refractivity contribution is 7.89. The van der Waals surface area contributed by atoms with Gasteiger partial charge in [0.05, 0.1) is 10.5 Å². The molecule has 1 aliphatic heterocycles. The first-order valence-electron chi connectivity index (χ1n) is 9.56. The lowest BCUT2D eigenvalue weighted by molar-refractivity contribution is 0.0989. The number of sulfonamides is 1. The molecule has 8 heteroatoms. The molecule has 0 aliphatic carbocycles. The summed E-state index contributed by atoms with van der Waals surface area (Å²) in [5.41, 5.74) is 4.90. The van der Waals surface area contributed by atoms with E-state index < -0.39 is 10.0 Å². The minimum Gasteiger partial charge on any atom is -0.318 e. The third-order valence-corrected chi connectivity index (χ3v) is 7.15. The van der Waals surface area contributed by atoms with E-state index >= 15 is 0 Å². The highest BCUT2D eigenvalue weighted by Crippen LogP contribution is 2.33. The number of carbonyl (C=O) groups excluding carboxylic acids is 1. The molecule has 0 saturated carbocycles. The summed E-state index contributed by atoms with van der Waals surface area (Å²) in [4.78, 5) is 15.3. The minimum absolute atomic E-state index is 0.0978. The molecular formula is C22H22ClN3O3S. The lowest BCUT2D eigenvalue weighted by Crippen LogP contribution is -2.29. The smallest absolute Gasteiger partial charge is 0.260 e. The Labute approximate surface area is 181 Å². The van der Waals surface area contributed by atoms with Crippen LogP contribution in [-0.4, -0.2) is 32.5 Å². The maximum absolute atomic E-state index is 13.4. The van der Waals surface area contributed by atoms with Crippen molar-refractivity contribution in [2.75, 3.05) is 18.5 Å². The van der Waals surface area contributed by atoms with Crippen LogP contribution < -0.4 is 9.62 Å². The van der Waals surface area contributed by atoms with Crippen molar-refractivity contribution >= 4 is 33.2 Å². The summed E-state index contributed by atoms with van der Waals surface area (Å²) in [5, 5.41) is 0.633. The van der Waals surface area contributed by atoms with Crippen LogP contribution in [0.15, 0.2) is 53.4 Å². The van der Waals surface area contributed by atoms with Gasteiger partial charge in [-0.3, -0.25) is 4.79 Å². The van der Waals surface area contributed by atoms with Crippen LogP contribution in [-0.2, 0) is 16.4 Å². The van der Waals surface area contributed by atoms with Gasteiger partial charge in [0.2, 0.25) is 10.0 Å². The van der Waals surface area contributed by atoms with Crippen molar-refractivity contribution in [1.82, 2.24) is 9.29 Å². The van der Waals surface area contributed by atoms with E-state index in [9.17, 15) is 13.2 Å². The average molecular weight is 444 g/mol. The molecule has 1 amide bonds. The molecule has 6 nitrogen and oxygen atoms in total. The number of hydrogen-bond donors (Lipinski definition) is 1. The average Bonchev–Trinajstić information content (AvgIpc) is 3.27. The lowest BCUT2D eigenvalue weighted by Gasteiger charge is -2.18. The molecule has 1 N–H and O–H groups in total. The molecule has 4 rings (SSSR count). The number of halogens is 1. The van der Waals surface area contributed by atoms with E-state index in [4.69, 9.17) is 11.6 Å². The molecule has 0 unspecified atom stereocenters. The largest absolute Gasteiger partial charge is 0.318 e.